The first-order valence-electron chi connectivity index (χ1n) is 6.49. The van der Waals surface area contributed by atoms with Crippen molar-refractivity contribution in [2.24, 2.45) is 0 Å². The summed E-state index contributed by atoms with van der Waals surface area (Å²) in [6.07, 6.45) is 4.27. The fourth-order valence-corrected chi connectivity index (χ4v) is 2.53. The largest absolute Gasteiger partial charge is 0.380 e. The normalized spacial score (nSPS) is 21.7. The number of aromatic amines is 1. The van der Waals surface area contributed by atoms with Gasteiger partial charge in [-0.2, -0.15) is 5.10 Å². The average Bonchev–Trinajstić information content (AvgIpc) is 3.15. The smallest absolute Gasteiger partial charge is 0.257 e. The molecule has 3 heterocycles. The predicted octanol–water partition coefficient (Wildman–Crippen LogP) is 0.941. The van der Waals surface area contributed by atoms with E-state index < -0.39 is 11.7 Å². The highest BCUT2D eigenvalue weighted by molar-refractivity contribution is 5.94. The number of halogens is 1. The van der Waals surface area contributed by atoms with Gasteiger partial charge in [0.25, 0.3) is 5.91 Å². The number of H-pyrrole nitrogens is 1. The highest BCUT2D eigenvalue weighted by Gasteiger charge is 2.38. The van der Waals surface area contributed by atoms with Crippen LogP contribution in [0.25, 0.3) is 0 Å². The van der Waals surface area contributed by atoms with Crippen LogP contribution in [0.15, 0.2) is 24.8 Å². The van der Waals surface area contributed by atoms with Crippen molar-refractivity contribution < 1.29 is 13.9 Å². The lowest BCUT2D eigenvalue weighted by molar-refractivity contribution is 0.0679. The first-order valence-corrected chi connectivity index (χ1v) is 6.49. The van der Waals surface area contributed by atoms with E-state index in [2.05, 4.69) is 20.2 Å². The van der Waals surface area contributed by atoms with Crippen LogP contribution < -0.4 is 0 Å². The van der Waals surface area contributed by atoms with E-state index >= 15 is 0 Å². The Morgan fingerprint density at radius 2 is 2.43 bits per heavy atom. The van der Waals surface area contributed by atoms with E-state index in [1.807, 2.05) is 0 Å². The molecule has 21 heavy (non-hydrogen) atoms. The van der Waals surface area contributed by atoms with Crippen molar-refractivity contribution in [3.05, 3.63) is 42.0 Å². The number of nitrogens with one attached hydrogen (secondary N) is 1. The van der Waals surface area contributed by atoms with Gasteiger partial charge < -0.3 is 9.64 Å². The Hall–Kier alpha value is -2.35. The van der Waals surface area contributed by atoms with Crippen LogP contribution in [0.2, 0.25) is 0 Å². The minimum absolute atomic E-state index is 0.00808. The summed E-state index contributed by atoms with van der Waals surface area (Å²) in [6.45, 7) is 0.377. The van der Waals surface area contributed by atoms with Gasteiger partial charge in [-0.25, -0.2) is 9.37 Å². The number of methoxy groups -OCH3 is 1. The molecule has 0 aromatic carbocycles. The highest BCUT2D eigenvalue weighted by Crippen LogP contribution is 2.32. The molecular weight excluding hydrogens is 277 g/mol. The van der Waals surface area contributed by atoms with Crippen LogP contribution in [0.5, 0.6) is 0 Å². The van der Waals surface area contributed by atoms with Crippen molar-refractivity contribution in [3.8, 4) is 0 Å². The third-order valence-corrected chi connectivity index (χ3v) is 3.61. The lowest BCUT2D eigenvalue weighted by atomic mass is 10.1. The fourth-order valence-electron chi connectivity index (χ4n) is 2.53. The van der Waals surface area contributed by atoms with Gasteiger partial charge in [0.15, 0.2) is 5.82 Å². The van der Waals surface area contributed by atoms with Crippen LogP contribution in [-0.4, -0.2) is 50.7 Å². The molecule has 1 saturated heterocycles. The van der Waals surface area contributed by atoms with Crippen molar-refractivity contribution in [3.63, 3.8) is 0 Å². The molecule has 1 fully saturated rings. The molecule has 0 spiro atoms. The van der Waals surface area contributed by atoms with Gasteiger partial charge in [0.05, 0.1) is 23.9 Å². The van der Waals surface area contributed by atoms with Crippen molar-refractivity contribution in [1.29, 1.82) is 0 Å². The molecule has 1 aliphatic heterocycles. The fraction of sp³-hybridized carbons (Fsp3) is 0.385. The molecule has 2 atom stereocenters. The maximum Gasteiger partial charge on any atom is 0.257 e. The number of hydrogen-bond acceptors (Lipinski definition) is 5. The number of pyridine rings is 1. The Morgan fingerprint density at radius 3 is 3.10 bits per heavy atom. The van der Waals surface area contributed by atoms with Crippen LogP contribution in [0.1, 0.15) is 28.6 Å². The van der Waals surface area contributed by atoms with Gasteiger partial charge in [-0.15, -0.1) is 0 Å². The van der Waals surface area contributed by atoms with E-state index in [1.165, 1.54) is 18.6 Å². The van der Waals surface area contributed by atoms with Gasteiger partial charge in [-0.05, 0) is 6.07 Å². The Kier molecular flexibility index (Phi) is 3.61. The van der Waals surface area contributed by atoms with E-state index in [0.29, 0.717) is 18.8 Å². The van der Waals surface area contributed by atoms with Crippen LogP contribution in [0, 0.1) is 5.82 Å². The molecule has 110 valence electrons. The zero-order chi connectivity index (χ0) is 14.8. The summed E-state index contributed by atoms with van der Waals surface area (Å²) in [5.41, 5.74) is -0.00808. The molecule has 8 heteroatoms. The number of ether oxygens (including phenoxy) is 1. The minimum Gasteiger partial charge on any atom is -0.380 e. The maximum atomic E-state index is 13.8. The van der Waals surface area contributed by atoms with E-state index in [1.54, 1.807) is 12.0 Å². The highest BCUT2D eigenvalue weighted by atomic mass is 19.1. The molecule has 1 N–H and O–H groups in total. The van der Waals surface area contributed by atoms with Gasteiger partial charge in [-0.1, -0.05) is 0 Å². The maximum absolute atomic E-state index is 13.8. The quantitative estimate of drug-likeness (QED) is 0.910. The second kappa shape index (κ2) is 5.57. The van der Waals surface area contributed by atoms with Crippen molar-refractivity contribution in [1.82, 2.24) is 25.1 Å². The second-order valence-corrected chi connectivity index (χ2v) is 4.79. The molecule has 0 radical (unpaired) electrons. The number of hydrogen-bond donors (Lipinski definition) is 1. The number of carbonyl (C=O) groups is 1. The Morgan fingerprint density at radius 1 is 1.57 bits per heavy atom. The van der Waals surface area contributed by atoms with Gasteiger partial charge in [0, 0.05) is 26.3 Å². The lowest BCUT2D eigenvalue weighted by Gasteiger charge is -2.22. The van der Waals surface area contributed by atoms with Crippen LogP contribution in [-0.2, 0) is 4.74 Å². The number of nitrogens with zero attached hydrogens (tertiary/aromatic N) is 4. The number of rotatable bonds is 3. The predicted molar refractivity (Wildman–Crippen MR) is 69.8 cm³/mol. The summed E-state index contributed by atoms with van der Waals surface area (Å²) in [5, 5.41) is 6.56. The molecule has 2 aromatic heterocycles. The first-order chi connectivity index (χ1) is 10.2. The topological polar surface area (TPSA) is 84.0 Å². The minimum atomic E-state index is -0.639. The van der Waals surface area contributed by atoms with Gasteiger partial charge >= 0.3 is 0 Å². The molecule has 0 saturated carbocycles. The lowest BCUT2D eigenvalue weighted by Crippen LogP contribution is -2.33. The number of carbonyl (C=O) groups excluding carboxylic acids is 1. The summed E-state index contributed by atoms with van der Waals surface area (Å²) in [7, 11) is 1.59. The molecule has 0 bridgehead atoms. The molecule has 3 rings (SSSR count). The zero-order valence-electron chi connectivity index (χ0n) is 11.4. The number of likely N-dealkylation sites (tertiary alicyclic amines) is 1. The third-order valence-electron chi connectivity index (χ3n) is 3.61. The SMILES string of the molecule is CO[C@@H]1C[C@@H](c2ncn[nH]2)N(C(=O)c2ccncc2F)C1. The molecular formula is C13H14FN5O2. The van der Waals surface area contributed by atoms with Crippen molar-refractivity contribution in [2.45, 2.75) is 18.6 Å². The summed E-state index contributed by atoms with van der Waals surface area (Å²) in [4.78, 5) is 21.9. The standard InChI is InChI=1S/C13H14FN5O2/c1-21-8-4-11(12-16-7-17-18-12)19(6-8)13(20)9-2-3-15-5-10(9)14/h2-3,5,7-8,11H,4,6H2,1H3,(H,16,17,18)/t8-,11+/m1/s1. The zero-order valence-corrected chi connectivity index (χ0v) is 11.4. The van der Waals surface area contributed by atoms with Gasteiger partial charge in [0.2, 0.25) is 0 Å². The molecule has 7 nitrogen and oxygen atoms in total. The Bertz CT molecular complexity index is 633. The number of amides is 1. The van der Waals surface area contributed by atoms with Crippen LogP contribution >= 0.6 is 0 Å². The molecule has 0 unspecified atom stereocenters. The average molecular weight is 291 g/mol. The van der Waals surface area contributed by atoms with Crippen molar-refractivity contribution in [2.75, 3.05) is 13.7 Å². The summed E-state index contributed by atoms with van der Waals surface area (Å²) >= 11 is 0. The molecule has 1 amide bonds. The van der Waals surface area contributed by atoms with Crippen LogP contribution in [0.4, 0.5) is 4.39 Å². The third kappa shape index (κ3) is 2.49. The van der Waals surface area contributed by atoms with E-state index in [-0.39, 0.29) is 17.7 Å². The summed E-state index contributed by atoms with van der Waals surface area (Å²) in [6, 6.07) is 1.06. The van der Waals surface area contributed by atoms with Gasteiger partial charge in [-0.3, -0.25) is 14.9 Å². The van der Waals surface area contributed by atoms with Crippen LogP contribution in [0.3, 0.4) is 0 Å². The Balaban J connectivity index is 1.91. The van der Waals surface area contributed by atoms with E-state index in [9.17, 15) is 9.18 Å². The number of aromatic nitrogens is 4. The van der Waals surface area contributed by atoms with Gasteiger partial charge in [0.1, 0.15) is 12.2 Å². The second-order valence-electron chi connectivity index (χ2n) is 4.79. The molecule has 1 aliphatic rings. The van der Waals surface area contributed by atoms with E-state index in [4.69, 9.17) is 4.74 Å². The Labute approximate surface area is 120 Å². The monoisotopic (exact) mass is 291 g/mol. The first kappa shape index (κ1) is 13.6. The van der Waals surface area contributed by atoms with E-state index in [0.717, 1.165) is 6.20 Å². The molecule has 2 aromatic rings. The molecule has 0 aliphatic carbocycles. The summed E-state index contributed by atoms with van der Waals surface area (Å²) < 4.78 is 19.1. The summed E-state index contributed by atoms with van der Waals surface area (Å²) in [5.74, 6) is -0.479. The van der Waals surface area contributed by atoms with Crippen molar-refractivity contribution >= 4 is 5.91 Å².